The number of hydrogen-bond donors (Lipinski definition) is 1. The molecule has 24 heavy (non-hydrogen) atoms. The van der Waals surface area contributed by atoms with Crippen molar-refractivity contribution in [3.8, 4) is 6.07 Å². The van der Waals surface area contributed by atoms with Crippen molar-refractivity contribution in [3.63, 3.8) is 0 Å². The Morgan fingerprint density at radius 1 is 1.21 bits per heavy atom. The Hall–Kier alpha value is -3.39. The standard InChI is InChI=1S/C19H16N2O3/c1-14-5-4-6-15(11-14)9-10-19(23)24-13-18(22)21-17-8-3-2-7-16(17)12-20/h2-11H,13H2,1H3,(H,21,22)/b10-9+. The number of nitriles is 1. The van der Waals surface area contributed by atoms with Crippen LogP contribution in [0.15, 0.2) is 54.6 Å². The van der Waals surface area contributed by atoms with E-state index in [1.165, 1.54) is 6.08 Å². The van der Waals surface area contributed by atoms with Crippen molar-refractivity contribution in [1.29, 1.82) is 5.26 Å². The van der Waals surface area contributed by atoms with E-state index < -0.39 is 18.5 Å². The molecule has 1 N–H and O–H groups in total. The largest absolute Gasteiger partial charge is 0.452 e. The Morgan fingerprint density at radius 2 is 2.00 bits per heavy atom. The summed E-state index contributed by atoms with van der Waals surface area (Å²) >= 11 is 0. The zero-order valence-corrected chi connectivity index (χ0v) is 13.2. The number of hydrogen-bond acceptors (Lipinski definition) is 4. The molecule has 0 radical (unpaired) electrons. The number of esters is 1. The minimum absolute atomic E-state index is 0.344. The second kappa shape index (κ2) is 8.30. The quantitative estimate of drug-likeness (QED) is 0.678. The topological polar surface area (TPSA) is 79.2 Å². The Balaban J connectivity index is 1.85. The van der Waals surface area contributed by atoms with Gasteiger partial charge in [-0.15, -0.1) is 0 Å². The number of benzene rings is 2. The lowest BCUT2D eigenvalue weighted by atomic mass is 10.1. The van der Waals surface area contributed by atoms with Gasteiger partial charge in [-0.25, -0.2) is 4.79 Å². The van der Waals surface area contributed by atoms with E-state index in [4.69, 9.17) is 10.00 Å². The second-order valence-electron chi connectivity index (χ2n) is 5.06. The van der Waals surface area contributed by atoms with E-state index in [0.29, 0.717) is 11.3 Å². The molecule has 0 saturated carbocycles. The summed E-state index contributed by atoms with van der Waals surface area (Å²) in [6.45, 7) is 1.54. The van der Waals surface area contributed by atoms with Gasteiger partial charge in [0.05, 0.1) is 11.3 Å². The van der Waals surface area contributed by atoms with Crippen molar-refractivity contribution in [3.05, 3.63) is 71.3 Å². The minimum Gasteiger partial charge on any atom is -0.452 e. The van der Waals surface area contributed by atoms with Gasteiger partial charge in [0, 0.05) is 6.08 Å². The normalized spacial score (nSPS) is 10.2. The summed E-state index contributed by atoms with van der Waals surface area (Å²) in [5, 5.41) is 11.5. The van der Waals surface area contributed by atoms with Gasteiger partial charge in [0.1, 0.15) is 6.07 Å². The van der Waals surface area contributed by atoms with Crippen molar-refractivity contribution in [2.45, 2.75) is 6.92 Å². The van der Waals surface area contributed by atoms with Crippen LogP contribution in [0.25, 0.3) is 6.08 Å². The van der Waals surface area contributed by atoms with Gasteiger partial charge in [0.25, 0.3) is 5.91 Å². The second-order valence-corrected chi connectivity index (χ2v) is 5.06. The van der Waals surface area contributed by atoms with Gasteiger partial charge in [-0.2, -0.15) is 5.26 Å². The first-order chi connectivity index (χ1) is 11.6. The van der Waals surface area contributed by atoms with Crippen LogP contribution in [0.2, 0.25) is 0 Å². The number of nitrogens with one attached hydrogen (secondary N) is 1. The summed E-state index contributed by atoms with van der Waals surface area (Å²) in [6.07, 6.45) is 2.89. The van der Waals surface area contributed by atoms with E-state index in [-0.39, 0.29) is 0 Å². The third-order valence-electron chi connectivity index (χ3n) is 3.12. The lowest BCUT2D eigenvalue weighted by molar-refractivity contribution is -0.142. The number of amides is 1. The number of para-hydroxylation sites is 1. The maximum Gasteiger partial charge on any atom is 0.331 e. The number of carbonyl (C=O) groups excluding carboxylic acids is 2. The fourth-order valence-corrected chi connectivity index (χ4v) is 2.00. The van der Waals surface area contributed by atoms with Gasteiger partial charge in [-0.05, 0) is 30.7 Å². The van der Waals surface area contributed by atoms with Crippen LogP contribution >= 0.6 is 0 Å². The van der Waals surface area contributed by atoms with Crippen LogP contribution in [0.5, 0.6) is 0 Å². The number of nitrogens with zero attached hydrogens (tertiary/aromatic N) is 1. The van der Waals surface area contributed by atoms with Crippen molar-refractivity contribution in [2.24, 2.45) is 0 Å². The molecule has 0 atom stereocenters. The first-order valence-electron chi connectivity index (χ1n) is 7.29. The summed E-state index contributed by atoms with van der Waals surface area (Å²) < 4.78 is 4.88. The highest BCUT2D eigenvalue weighted by molar-refractivity contribution is 5.95. The highest BCUT2D eigenvalue weighted by Crippen LogP contribution is 2.13. The molecule has 5 nitrogen and oxygen atoms in total. The van der Waals surface area contributed by atoms with E-state index in [2.05, 4.69) is 5.32 Å². The molecule has 120 valence electrons. The number of rotatable bonds is 5. The Bertz CT molecular complexity index is 819. The van der Waals surface area contributed by atoms with Gasteiger partial charge in [-0.1, -0.05) is 42.0 Å². The lowest BCUT2D eigenvalue weighted by Gasteiger charge is -2.06. The summed E-state index contributed by atoms with van der Waals surface area (Å²) in [6, 6.07) is 16.2. The average Bonchev–Trinajstić information content (AvgIpc) is 2.58. The Morgan fingerprint density at radius 3 is 2.75 bits per heavy atom. The maximum atomic E-state index is 11.8. The summed E-state index contributed by atoms with van der Waals surface area (Å²) in [5.41, 5.74) is 2.69. The molecule has 2 aromatic rings. The fraction of sp³-hybridized carbons (Fsp3) is 0.105. The molecule has 5 heteroatoms. The first kappa shape index (κ1) is 17.0. The van der Waals surface area contributed by atoms with Gasteiger partial charge in [0.2, 0.25) is 0 Å². The first-order valence-corrected chi connectivity index (χ1v) is 7.29. The minimum atomic E-state index is -0.611. The van der Waals surface area contributed by atoms with E-state index in [1.54, 1.807) is 30.3 Å². The smallest absolute Gasteiger partial charge is 0.331 e. The van der Waals surface area contributed by atoms with Crippen molar-refractivity contribution in [2.75, 3.05) is 11.9 Å². The van der Waals surface area contributed by atoms with Crippen LogP contribution in [0, 0.1) is 18.3 Å². The molecule has 2 aromatic carbocycles. The Labute approximate surface area is 140 Å². The van der Waals surface area contributed by atoms with Crippen LogP contribution in [-0.4, -0.2) is 18.5 Å². The summed E-state index contributed by atoms with van der Waals surface area (Å²) in [7, 11) is 0. The molecule has 0 aliphatic heterocycles. The molecule has 0 saturated heterocycles. The van der Waals surface area contributed by atoms with Gasteiger partial charge in [-0.3, -0.25) is 4.79 Å². The molecule has 0 aromatic heterocycles. The predicted molar refractivity (Wildman–Crippen MR) is 91.0 cm³/mol. The Kier molecular flexibility index (Phi) is 5.87. The molecule has 0 fully saturated rings. The maximum absolute atomic E-state index is 11.8. The molecule has 0 aliphatic rings. The number of carbonyl (C=O) groups is 2. The van der Waals surface area contributed by atoms with E-state index in [1.807, 2.05) is 37.3 Å². The van der Waals surface area contributed by atoms with E-state index in [9.17, 15) is 9.59 Å². The fourth-order valence-electron chi connectivity index (χ4n) is 2.00. The van der Waals surface area contributed by atoms with E-state index in [0.717, 1.165) is 11.1 Å². The molecule has 0 spiro atoms. The predicted octanol–water partition coefficient (Wildman–Crippen LogP) is 3.06. The van der Waals surface area contributed by atoms with Crippen LogP contribution in [0.4, 0.5) is 5.69 Å². The van der Waals surface area contributed by atoms with Crippen LogP contribution in [0.1, 0.15) is 16.7 Å². The zero-order valence-electron chi connectivity index (χ0n) is 13.2. The number of ether oxygens (including phenoxy) is 1. The molecule has 0 heterocycles. The van der Waals surface area contributed by atoms with E-state index >= 15 is 0 Å². The zero-order chi connectivity index (χ0) is 17.4. The molecule has 0 aliphatic carbocycles. The molecular formula is C19H16N2O3. The third kappa shape index (κ3) is 5.11. The summed E-state index contributed by atoms with van der Waals surface area (Å²) in [4.78, 5) is 23.4. The molecule has 0 bridgehead atoms. The lowest BCUT2D eigenvalue weighted by Crippen LogP contribution is -2.20. The highest BCUT2D eigenvalue weighted by atomic mass is 16.5. The molecule has 2 rings (SSSR count). The molecule has 0 unspecified atom stereocenters. The SMILES string of the molecule is Cc1cccc(/C=C/C(=O)OCC(=O)Nc2ccccc2C#N)c1. The van der Waals surface area contributed by atoms with Crippen molar-refractivity contribution >= 4 is 23.6 Å². The molecule has 1 amide bonds. The van der Waals surface area contributed by atoms with Crippen LogP contribution in [0.3, 0.4) is 0 Å². The average molecular weight is 320 g/mol. The van der Waals surface area contributed by atoms with Crippen LogP contribution in [-0.2, 0) is 14.3 Å². The number of anilines is 1. The van der Waals surface area contributed by atoms with Gasteiger partial charge < -0.3 is 10.1 Å². The summed E-state index contributed by atoms with van der Waals surface area (Å²) in [5.74, 6) is -1.12. The monoisotopic (exact) mass is 320 g/mol. The molecular weight excluding hydrogens is 304 g/mol. The van der Waals surface area contributed by atoms with Gasteiger partial charge >= 0.3 is 5.97 Å². The van der Waals surface area contributed by atoms with Crippen molar-refractivity contribution in [1.82, 2.24) is 0 Å². The highest BCUT2D eigenvalue weighted by Gasteiger charge is 2.08. The number of aryl methyl sites for hydroxylation is 1. The van der Waals surface area contributed by atoms with Gasteiger partial charge in [0.15, 0.2) is 6.61 Å². The van der Waals surface area contributed by atoms with Crippen molar-refractivity contribution < 1.29 is 14.3 Å². The van der Waals surface area contributed by atoms with Crippen LogP contribution < -0.4 is 5.32 Å². The third-order valence-corrected chi connectivity index (χ3v) is 3.12.